The maximum absolute atomic E-state index is 13.2. The second kappa shape index (κ2) is 12.7. The maximum atomic E-state index is 13.2. The third-order valence-electron chi connectivity index (χ3n) is 7.61. The van der Waals surface area contributed by atoms with E-state index in [1.165, 1.54) is 25.7 Å². The molecule has 5 aromatic rings. The molecule has 5 nitrogen and oxygen atoms in total. The number of fused-ring (bicyclic) bond motifs is 3. The van der Waals surface area contributed by atoms with Crippen LogP contribution >= 0.6 is 0 Å². The van der Waals surface area contributed by atoms with Crippen molar-refractivity contribution in [1.29, 1.82) is 0 Å². The molecule has 0 unspecified atom stereocenters. The summed E-state index contributed by atoms with van der Waals surface area (Å²) in [6, 6.07) is 27.7. The number of ketones is 4. The Labute approximate surface area is 239 Å². The van der Waals surface area contributed by atoms with Crippen LogP contribution in [0.3, 0.4) is 0 Å². The minimum atomic E-state index is -0.582. The van der Waals surface area contributed by atoms with Gasteiger partial charge in [-0.1, -0.05) is 99.7 Å². The first kappa shape index (κ1) is 27.9. The van der Waals surface area contributed by atoms with Crippen molar-refractivity contribution < 1.29 is 19.2 Å². The van der Waals surface area contributed by atoms with E-state index in [9.17, 15) is 19.2 Å². The van der Waals surface area contributed by atoms with Crippen LogP contribution in [0.1, 0.15) is 86.9 Å². The Morgan fingerprint density at radius 3 is 1.37 bits per heavy atom. The van der Waals surface area contributed by atoms with Crippen molar-refractivity contribution in [1.82, 2.24) is 4.57 Å². The molecule has 0 radical (unpaired) electrons. The van der Waals surface area contributed by atoms with Crippen molar-refractivity contribution in [2.75, 3.05) is 0 Å². The molecular weight excluding hydrogens is 510 g/mol. The summed E-state index contributed by atoms with van der Waals surface area (Å²) in [6.07, 6.45) is 6.98. The number of aromatic nitrogens is 1. The van der Waals surface area contributed by atoms with E-state index in [-0.39, 0.29) is 0 Å². The van der Waals surface area contributed by atoms with Crippen molar-refractivity contribution in [2.45, 2.75) is 52.0 Å². The standard InChI is InChI=1S/C36H33NO4/c1-2-3-4-5-6-13-22-37-31-20-18-27(35(40)33(38)25-14-9-7-10-15-25)23-29(31)30-24-28(19-21-32(30)37)36(41)34(39)26-16-11-8-12-17-26/h7-12,14-21,23-24H,2-6,13,22H2,1H3. The molecule has 0 aliphatic carbocycles. The van der Waals surface area contributed by atoms with Crippen LogP contribution in [-0.4, -0.2) is 27.7 Å². The molecule has 1 aromatic heterocycles. The molecule has 0 saturated carbocycles. The molecule has 0 bridgehead atoms. The average Bonchev–Trinajstić information content (AvgIpc) is 3.34. The minimum Gasteiger partial charge on any atom is -0.340 e. The van der Waals surface area contributed by atoms with Gasteiger partial charge in [-0.25, -0.2) is 0 Å². The van der Waals surface area contributed by atoms with Crippen LogP contribution in [0.2, 0.25) is 0 Å². The highest BCUT2D eigenvalue weighted by Gasteiger charge is 2.22. The predicted molar refractivity (Wildman–Crippen MR) is 163 cm³/mol. The van der Waals surface area contributed by atoms with Crippen molar-refractivity contribution >= 4 is 44.9 Å². The summed E-state index contributed by atoms with van der Waals surface area (Å²) in [6.45, 7) is 3.00. The average molecular weight is 544 g/mol. The number of hydrogen-bond donors (Lipinski definition) is 0. The van der Waals surface area contributed by atoms with E-state index in [1.54, 1.807) is 84.9 Å². The molecule has 41 heavy (non-hydrogen) atoms. The van der Waals surface area contributed by atoms with Gasteiger partial charge in [-0.15, -0.1) is 0 Å². The van der Waals surface area contributed by atoms with Gasteiger partial charge in [0.05, 0.1) is 0 Å². The first-order chi connectivity index (χ1) is 20.0. The molecule has 5 heteroatoms. The fourth-order valence-corrected chi connectivity index (χ4v) is 5.38. The lowest BCUT2D eigenvalue weighted by Gasteiger charge is -2.08. The molecule has 0 aliphatic heterocycles. The molecule has 0 amide bonds. The monoisotopic (exact) mass is 543 g/mol. The highest BCUT2D eigenvalue weighted by molar-refractivity contribution is 6.50. The largest absolute Gasteiger partial charge is 0.340 e. The van der Waals surface area contributed by atoms with Crippen molar-refractivity contribution in [3.05, 3.63) is 119 Å². The number of aryl methyl sites for hydroxylation is 1. The molecule has 5 rings (SSSR count). The van der Waals surface area contributed by atoms with Gasteiger partial charge < -0.3 is 4.57 Å². The van der Waals surface area contributed by atoms with Gasteiger partial charge in [0.15, 0.2) is 0 Å². The molecule has 1 heterocycles. The Balaban J connectivity index is 1.54. The van der Waals surface area contributed by atoms with Crippen LogP contribution in [0.5, 0.6) is 0 Å². The first-order valence-electron chi connectivity index (χ1n) is 14.3. The fraction of sp³-hybridized carbons (Fsp3) is 0.222. The van der Waals surface area contributed by atoms with E-state index in [0.29, 0.717) is 22.3 Å². The van der Waals surface area contributed by atoms with E-state index in [0.717, 1.165) is 41.2 Å². The van der Waals surface area contributed by atoms with Crippen LogP contribution in [0.15, 0.2) is 97.1 Å². The third-order valence-corrected chi connectivity index (χ3v) is 7.61. The molecule has 0 fully saturated rings. The normalized spacial score (nSPS) is 11.1. The number of nitrogens with zero attached hydrogens (tertiary/aromatic N) is 1. The van der Waals surface area contributed by atoms with E-state index in [2.05, 4.69) is 11.5 Å². The van der Waals surface area contributed by atoms with Gasteiger partial charge >= 0.3 is 0 Å². The van der Waals surface area contributed by atoms with Gasteiger partial charge in [-0.3, -0.25) is 19.2 Å². The summed E-state index contributed by atoms with van der Waals surface area (Å²) in [4.78, 5) is 52.2. The van der Waals surface area contributed by atoms with Gasteiger partial charge in [0, 0.05) is 50.6 Å². The van der Waals surface area contributed by atoms with Crippen molar-refractivity contribution in [3.63, 3.8) is 0 Å². The highest BCUT2D eigenvalue weighted by Crippen LogP contribution is 2.32. The topological polar surface area (TPSA) is 73.2 Å². The molecule has 206 valence electrons. The predicted octanol–water partition coefficient (Wildman–Crippen LogP) is 8.29. The summed E-state index contributed by atoms with van der Waals surface area (Å²) in [5, 5.41) is 1.55. The zero-order valence-corrected chi connectivity index (χ0v) is 23.3. The zero-order valence-electron chi connectivity index (χ0n) is 23.3. The number of carbonyl (C=O) groups is 4. The summed E-state index contributed by atoms with van der Waals surface area (Å²) in [5.41, 5.74) is 3.13. The number of carbonyl (C=O) groups excluding carboxylic acids is 4. The second-order valence-electron chi connectivity index (χ2n) is 10.4. The number of hydrogen-bond acceptors (Lipinski definition) is 4. The summed E-state index contributed by atoms with van der Waals surface area (Å²) < 4.78 is 2.21. The molecule has 0 N–H and O–H groups in total. The Morgan fingerprint density at radius 2 is 0.902 bits per heavy atom. The van der Waals surface area contributed by atoms with Crippen molar-refractivity contribution in [2.24, 2.45) is 0 Å². The van der Waals surface area contributed by atoms with Gasteiger partial charge in [0.1, 0.15) is 0 Å². The van der Waals surface area contributed by atoms with Crippen molar-refractivity contribution in [3.8, 4) is 0 Å². The third kappa shape index (κ3) is 5.94. The van der Waals surface area contributed by atoms with Gasteiger partial charge in [0.25, 0.3) is 0 Å². The molecular formula is C36H33NO4. The number of benzene rings is 4. The van der Waals surface area contributed by atoms with Crippen LogP contribution in [0.4, 0.5) is 0 Å². The molecule has 0 saturated heterocycles. The summed E-state index contributed by atoms with van der Waals surface area (Å²) in [7, 11) is 0. The lowest BCUT2D eigenvalue weighted by Crippen LogP contribution is -2.14. The van der Waals surface area contributed by atoms with Crippen LogP contribution in [-0.2, 0) is 6.54 Å². The molecule has 0 atom stereocenters. The van der Waals surface area contributed by atoms with E-state index in [1.807, 2.05) is 12.1 Å². The summed E-state index contributed by atoms with van der Waals surface area (Å²) >= 11 is 0. The quantitative estimate of drug-likeness (QED) is 0.0851. The Bertz CT molecular complexity index is 1610. The molecule has 0 aliphatic rings. The Kier molecular flexibility index (Phi) is 8.64. The second-order valence-corrected chi connectivity index (χ2v) is 10.4. The molecule has 4 aromatic carbocycles. The van der Waals surface area contributed by atoms with Gasteiger partial charge in [-0.2, -0.15) is 0 Å². The lowest BCUT2D eigenvalue weighted by molar-refractivity contribution is 0.0817. The Morgan fingerprint density at radius 1 is 0.488 bits per heavy atom. The first-order valence-corrected chi connectivity index (χ1v) is 14.3. The van der Waals surface area contributed by atoms with Crippen LogP contribution in [0.25, 0.3) is 21.8 Å². The van der Waals surface area contributed by atoms with Crippen LogP contribution in [0, 0.1) is 0 Å². The molecule has 0 spiro atoms. The van der Waals surface area contributed by atoms with Crippen LogP contribution < -0.4 is 0 Å². The van der Waals surface area contributed by atoms with Gasteiger partial charge in [-0.05, 0) is 42.8 Å². The van der Waals surface area contributed by atoms with E-state index in [4.69, 9.17) is 0 Å². The lowest BCUT2D eigenvalue weighted by atomic mass is 9.98. The van der Waals surface area contributed by atoms with Gasteiger partial charge in [0.2, 0.25) is 23.1 Å². The van der Waals surface area contributed by atoms with E-state index < -0.39 is 23.1 Å². The SMILES string of the molecule is CCCCCCCCn1c2ccc(C(=O)C(=O)c3ccccc3)cc2c2cc(C(=O)C(=O)c3ccccc3)ccc21. The maximum Gasteiger partial charge on any atom is 0.233 e. The Hall–Kier alpha value is -4.64. The minimum absolute atomic E-state index is 0.294. The fourth-order valence-electron chi connectivity index (χ4n) is 5.38. The highest BCUT2D eigenvalue weighted by atomic mass is 16.2. The van der Waals surface area contributed by atoms with E-state index >= 15 is 0 Å². The smallest absolute Gasteiger partial charge is 0.233 e. The number of rotatable bonds is 13. The zero-order chi connectivity index (χ0) is 28.8. The number of unbranched alkanes of at least 4 members (excludes halogenated alkanes) is 5. The summed E-state index contributed by atoms with van der Waals surface area (Å²) in [5.74, 6) is -2.29. The number of Topliss-reactive ketones (excluding diaryl/α,β-unsaturated/α-hetero) is 4.